The van der Waals surface area contributed by atoms with Gasteiger partial charge in [0.05, 0.1) is 10.4 Å². The van der Waals surface area contributed by atoms with Gasteiger partial charge in [-0.1, -0.05) is 34.8 Å². The fourth-order valence-corrected chi connectivity index (χ4v) is 4.30. The van der Waals surface area contributed by atoms with Gasteiger partial charge in [-0.3, -0.25) is 10.1 Å². The first kappa shape index (κ1) is 20.4. The number of rotatable bonds is 7. The Labute approximate surface area is 175 Å². The normalized spacial score (nSPS) is 19.1. The lowest BCUT2D eigenvalue weighted by atomic mass is 10.2. The topological polar surface area (TPSA) is 67.8 Å². The fourth-order valence-electron chi connectivity index (χ4n) is 2.54. The zero-order valence-electron chi connectivity index (χ0n) is 14.0. The van der Waals surface area contributed by atoms with Crippen LogP contribution in [0.2, 0.25) is 15.1 Å². The third kappa shape index (κ3) is 5.36. The van der Waals surface area contributed by atoms with Gasteiger partial charge in [0.15, 0.2) is 0 Å². The summed E-state index contributed by atoms with van der Waals surface area (Å²) in [6, 6.07) is 9.66. The third-order valence-electron chi connectivity index (χ3n) is 3.83. The van der Waals surface area contributed by atoms with E-state index in [1.54, 1.807) is 36.4 Å². The summed E-state index contributed by atoms with van der Waals surface area (Å²) in [5.74, 6) is 0.710. The van der Waals surface area contributed by atoms with Crippen molar-refractivity contribution in [1.29, 1.82) is 0 Å². The van der Waals surface area contributed by atoms with Crippen LogP contribution in [0.1, 0.15) is 10.9 Å². The second-order valence-corrected chi connectivity index (χ2v) is 8.14. The summed E-state index contributed by atoms with van der Waals surface area (Å²) in [7, 11) is 0. The van der Waals surface area contributed by atoms with E-state index in [4.69, 9.17) is 49.4 Å². The van der Waals surface area contributed by atoms with E-state index in [2.05, 4.69) is 5.32 Å². The Balaban J connectivity index is 1.62. The molecule has 2 unspecified atom stereocenters. The van der Waals surface area contributed by atoms with Gasteiger partial charge in [-0.2, -0.15) is 0 Å². The number of ether oxygens (including phenoxy) is 2. The minimum Gasteiger partial charge on any atom is -0.490 e. The lowest BCUT2D eigenvalue weighted by Gasteiger charge is -2.17. The van der Waals surface area contributed by atoms with E-state index in [0.29, 0.717) is 32.3 Å². The molecule has 0 spiro atoms. The summed E-state index contributed by atoms with van der Waals surface area (Å²) in [5, 5.41) is 13.6. The highest BCUT2D eigenvalue weighted by molar-refractivity contribution is 7.99. The van der Waals surface area contributed by atoms with Gasteiger partial charge in [0.2, 0.25) is 0 Å². The van der Waals surface area contributed by atoms with Gasteiger partial charge in [-0.25, -0.2) is 0 Å². The van der Waals surface area contributed by atoms with E-state index in [9.17, 15) is 4.79 Å². The summed E-state index contributed by atoms with van der Waals surface area (Å²) >= 11 is 19.6. The van der Waals surface area contributed by atoms with Gasteiger partial charge in [0, 0.05) is 27.4 Å². The van der Waals surface area contributed by atoms with Gasteiger partial charge in [-0.15, -0.1) is 11.8 Å². The second-order valence-electron chi connectivity index (χ2n) is 5.72. The van der Waals surface area contributed by atoms with Crippen molar-refractivity contribution in [2.24, 2.45) is 0 Å². The zero-order valence-corrected chi connectivity index (χ0v) is 17.0. The molecule has 5 nitrogen and oxygen atoms in total. The maximum atomic E-state index is 11.2. The molecule has 1 aliphatic rings. The summed E-state index contributed by atoms with van der Waals surface area (Å²) in [6.45, 7) is 0.544. The van der Waals surface area contributed by atoms with Crippen molar-refractivity contribution in [2.45, 2.75) is 11.4 Å². The molecule has 2 N–H and O–H groups in total. The second kappa shape index (κ2) is 9.26. The molecule has 2 aromatic rings. The number of nitrogens with one attached hydrogen (secondary N) is 1. The van der Waals surface area contributed by atoms with Crippen molar-refractivity contribution in [3.63, 3.8) is 0 Å². The van der Waals surface area contributed by atoms with E-state index < -0.39 is 12.0 Å². The smallest absolute Gasteiger partial charge is 0.321 e. The van der Waals surface area contributed by atoms with Gasteiger partial charge in [0.25, 0.3) is 0 Å². The summed E-state index contributed by atoms with van der Waals surface area (Å²) < 4.78 is 11.4. The van der Waals surface area contributed by atoms with Crippen LogP contribution in [0, 0.1) is 0 Å². The molecule has 1 saturated heterocycles. The quantitative estimate of drug-likeness (QED) is 0.588. The lowest BCUT2D eigenvalue weighted by molar-refractivity contribution is -0.138. The number of benzene rings is 2. The molecule has 3 rings (SSSR count). The minimum absolute atomic E-state index is 0.205. The SMILES string of the molecule is O=C(O)C1CSC(c2cc(Cl)ccc2OCCOc2cc(Cl)ccc2Cl)N1. The molecule has 0 amide bonds. The molecule has 0 bridgehead atoms. The van der Waals surface area contributed by atoms with E-state index in [0.717, 1.165) is 5.56 Å². The lowest BCUT2D eigenvalue weighted by Crippen LogP contribution is -2.33. The predicted octanol–water partition coefficient (Wildman–Crippen LogP) is 4.89. The summed E-state index contributed by atoms with van der Waals surface area (Å²) in [6.07, 6.45) is 0. The van der Waals surface area contributed by atoms with E-state index in [1.165, 1.54) is 11.8 Å². The number of carboxylic acid groups (broad SMARTS) is 1. The minimum atomic E-state index is -0.874. The molecule has 2 aromatic carbocycles. The van der Waals surface area contributed by atoms with Crippen LogP contribution in [0.4, 0.5) is 0 Å². The summed E-state index contributed by atoms with van der Waals surface area (Å²) in [5.41, 5.74) is 0.803. The standard InChI is InChI=1S/C18H16Cl3NO4S/c19-10-2-4-15(12(7-10)17-22-14(9-27-17)18(23)24)25-5-6-26-16-8-11(20)1-3-13(16)21/h1-4,7-8,14,17,22H,5-6,9H2,(H,23,24). The molecule has 0 aliphatic carbocycles. The van der Waals surface area contributed by atoms with Crippen LogP contribution in [0.5, 0.6) is 11.5 Å². The van der Waals surface area contributed by atoms with Crippen LogP contribution in [-0.2, 0) is 4.79 Å². The van der Waals surface area contributed by atoms with Crippen molar-refractivity contribution < 1.29 is 19.4 Å². The van der Waals surface area contributed by atoms with Crippen LogP contribution in [-0.4, -0.2) is 36.1 Å². The first-order valence-electron chi connectivity index (χ1n) is 8.04. The number of thioether (sulfide) groups is 1. The van der Waals surface area contributed by atoms with E-state index in [-0.39, 0.29) is 18.6 Å². The maximum Gasteiger partial charge on any atom is 0.321 e. The van der Waals surface area contributed by atoms with Gasteiger partial charge in [0.1, 0.15) is 30.8 Å². The molecule has 2 atom stereocenters. The molecular formula is C18H16Cl3NO4S. The largest absolute Gasteiger partial charge is 0.490 e. The number of carbonyl (C=O) groups is 1. The van der Waals surface area contributed by atoms with Crippen molar-refractivity contribution in [1.82, 2.24) is 5.32 Å². The molecule has 0 saturated carbocycles. The van der Waals surface area contributed by atoms with E-state index >= 15 is 0 Å². The molecule has 9 heteroatoms. The van der Waals surface area contributed by atoms with Crippen LogP contribution >= 0.6 is 46.6 Å². The van der Waals surface area contributed by atoms with Crippen molar-refractivity contribution in [3.05, 3.63) is 57.0 Å². The maximum absolute atomic E-state index is 11.2. The zero-order chi connectivity index (χ0) is 19.4. The molecule has 27 heavy (non-hydrogen) atoms. The van der Waals surface area contributed by atoms with Gasteiger partial charge >= 0.3 is 5.97 Å². The molecule has 1 fully saturated rings. The van der Waals surface area contributed by atoms with E-state index in [1.807, 2.05) is 0 Å². The number of carboxylic acids is 1. The third-order valence-corrected chi connectivity index (χ3v) is 5.86. The highest BCUT2D eigenvalue weighted by atomic mass is 35.5. The Kier molecular flexibility index (Phi) is 7.00. The van der Waals surface area contributed by atoms with Crippen molar-refractivity contribution >= 4 is 52.5 Å². The monoisotopic (exact) mass is 447 g/mol. The molecule has 1 aliphatic heterocycles. The average molecular weight is 449 g/mol. The molecule has 144 valence electrons. The van der Waals surface area contributed by atoms with Crippen LogP contribution in [0.25, 0.3) is 0 Å². The summed E-state index contributed by atoms with van der Waals surface area (Å²) in [4.78, 5) is 11.2. The molecule has 0 aromatic heterocycles. The van der Waals surface area contributed by atoms with Gasteiger partial charge in [-0.05, 0) is 30.3 Å². The Morgan fingerprint density at radius 1 is 1.07 bits per heavy atom. The average Bonchev–Trinajstić information content (AvgIpc) is 3.13. The molecular weight excluding hydrogens is 433 g/mol. The molecule has 1 heterocycles. The molecule has 0 radical (unpaired) electrons. The highest BCUT2D eigenvalue weighted by Gasteiger charge is 2.32. The van der Waals surface area contributed by atoms with Crippen LogP contribution in [0.3, 0.4) is 0 Å². The Hall–Kier alpha value is -1.31. The number of hydrogen-bond acceptors (Lipinski definition) is 5. The Morgan fingerprint density at radius 3 is 2.44 bits per heavy atom. The van der Waals surface area contributed by atoms with Gasteiger partial charge < -0.3 is 14.6 Å². The Bertz CT molecular complexity index is 836. The number of hydrogen-bond donors (Lipinski definition) is 2. The van der Waals surface area contributed by atoms with Crippen molar-refractivity contribution in [3.8, 4) is 11.5 Å². The first-order valence-corrected chi connectivity index (χ1v) is 10.2. The van der Waals surface area contributed by atoms with Crippen molar-refractivity contribution in [2.75, 3.05) is 19.0 Å². The number of halogens is 3. The number of aliphatic carboxylic acids is 1. The highest BCUT2D eigenvalue weighted by Crippen LogP contribution is 2.39. The fraction of sp³-hybridized carbons (Fsp3) is 0.278. The predicted molar refractivity (Wildman–Crippen MR) is 109 cm³/mol. The Morgan fingerprint density at radius 2 is 1.74 bits per heavy atom. The van der Waals surface area contributed by atoms with Crippen LogP contribution in [0.15, 0.2) is 36.4 Å². The first-order chi connectivity index (χ1) is 12.9. The van der Waals surface area contributed by atoms with Crippen LogP contribution < -0.4 is 14.8 Å².